The summed E-state index contributed by atoms with van der Waals surface area (Å²) in [4.78, 5) is 0. The van der Waals surface area contributed by atoms with Crippen molar-refractivity contribution >= 4 is 0 Å². The number of hydrogen-bond acceptors (Lipinski definition) is 3. The quantitative estimate of drug-likeness (QED) is 0.720. The standard InChI is InChI=1S/C13H19NO2.C2H6/c15-12-7-6-10(8-13(12)16)9-14-11-4-2-1-3-5-11;1-2/h6-8,11,14-16H,1-5,9H2;1-2H3. The zero-order chi connectivity index (χ0) is 13.4. The molecule has 0 atom stereocenters. The average molecular weight is 251 g/mol. The molecule has 0 heterocycles. The van der Waals surface area contributed by atoms with Crippen molar-refractivity contribution in [3.63, 3.8) is 0 Å². The summed E-state index contributed by atoms with van der Waals surface area (Å²) < 4.78 is 0. The molecule has 1 saturated carbocycles. The van der Waals surface area contributed by atoms with Gasteiger partial charge in [-0.05, 0) is 30.5 Å². The van der Waals surface area contributed by atoms with E-state index in [-0.39, 0.29) is 11.5 Å². The van der Waals surface area contributed by atoms with E-state index < -0.39 is 0 Å². The number of aromatic hydroxyl groups is 2. The summed E-state index contributed by atoms with van der Waals surface area (Å²) in [6, 6.07) is 5.60. The van der Waals surface area contributed by atoms with Gasteiger partial charge in [0.25, 0.3) is 0 Å². The molecule has 1 aliphatic carbocycles. The van der Waals surface area contributed by atoms with E-state index >= 15 is 0 Å². The third-order valence-electron chi connectivity index (χ3n) is 3.24. The Morgan fingerprint density at radius 1 is 1.06 bits per heavy atom. The molecule has 18 heavy (non-hydrogen) atoms. The van der Waals surface area contributed by atoms with Crippen molar-refractivity contribution in [3.8, 4) is 11.5 Å². The van der Waals surface area contributed by atoms with Gasteiger partial charge in [-0.1, -0.05) is 39.2 Å². The smallest absolute Gasteiger partial charge is 0.157 e. The van der Waals surface area contributed by atoms with E-state index in [0.29, 0.717) is 6.04 Å². The van der Waals surface area contributed by atoms with Gasteiger partial charge in [0, 0.05) is 12.6 Å². The van der Waals surface area contributed by atoms with Gasteiger partial charge in [-0.25, -0.2) is 0 Å². The molecule has 3 heteroatoms. The largest absolute Gasteiger partial charge is 0.504 e. The zero-order valence-corrected chi connectivity index (χ0v) is 11.4. The van der Waals surface area contributed by atoms with Crippen LogP contribution in [-0.4, -0.2) is 16.3 Å². The highest BCUT2D eigenvalue weighted by Gasteiger charge is 2.12. The summed E-state index contributed by atoms with van der Waals surface area (Å²) in [6.45, 7) is 4.76. The average Bonchev–Trinajstić information content (AvgIpc) is 2.44. The van der Waals surface area contributed by atoms with Gasteiger partial charge in [-0.3, -0.25) is 0 Å². The molecule has 0 bridgehead atoms. The van der Waals surface area contributed by atoms with Crippen molar-refractivity contribution in [2.75, 3.05) is 0 Å². The zero-order valence-electron chi connectivity index (χ0n) is 11.4. The van der Waals surface area contributed by atoms with Crippen LogP contribution in [0.4, 0.5) is 0 Å². The number of phenols is 2. The lowest BCUT2D eigenvalue weighted by Gasteiger charge is -2.22. The second-order valence-corrected chi connectivity index (χ2v) is 4.54. The Balaban J connectivity index is 0.000000771. The van der Waals surface area contributed by atoms with E-state index in [9.17, 15) is 10.2 Å². The Bertz CT molecular complexity index is 346. The van der Waals surface area contributed by atoms with Gasteiger partial charge in [-0.15, -0.1) is 0 Å². The van der Waals surface area contributed by atoms with E-state index in [2.05, 4.69) is 5.32 Å². The molecule has 2 rings (SSSR count). The lowest BCUT2D eigenvalue weighted by molar-refractivity contribution is 0.371. The third kappa shape index (κ3) is 4.57. The van der Waals surface area contributed by atoms with Gasteiger partial charge >= 0.3 is 0 Å². The van der Waals surface area contributed by atoms with Crippen LogP contribution < -0.4 is 5.32 Å². The summed E-state index contributed by atoms with van der Waals surface area (Å²) in [5.41, 5.74) is 1.01. The Kier molecular flexibility index (Phi) is 6.58. The second kappa shape index (κ2) is 7.98. The molecule has 0 unspecified atom stereocenters. The van der Waals surface area contributed by atoms with E-state index in [1.165, 1.54) is 38.2 Å². The summed E-state index contributed by atoms with van der Waals surface area (Å²) in [5.74, 6) is -0.0932. The van der Waals surface area contributed by atoms with Crippen LogP contribution in [0.25, 0.3) is 0 Å². The molecule has 3 N–H and O–H groups in total. The van der Waals surface area contributed by atoms with Crippen molar-refractivity contribution in [2.45, 2.75) is 58.5 Å². The molecule has 0 aliphatic heterocycles. The van der Waals surface area contributed by atoms with Crippen molar-refractivity contribution in [2.24, 2.45) is 0 Å². The first-order valence-electron chi connectivity index (χ1n) is 7.00. The van der Waals surface area contributed by atoms with Gasteiger partial charge < -0.3 is 15.5 Å². The monoisotopic (exact) mass is 251 g/mol. The fourth-order valence-electron chi connectivity index (χ4n) is 2.25. The highest BCUT2D eigenvalue weighted by molar-refractivity contribution is 5.40. The van der Waals surface area contributed by atoms with Crippen molar-refractivity contribution in [3.05, 3.63) is 23.8 Å². The van der Waals surface area contributed by atoms with Crippen LogP contribution >= 0.6 is 0 Å². The molecule has 0 spiro atoms. The predicted octanol–water partition coefficient (Wildman–Crippen LogP) is 3.55. The van der Waals surface area contributed by atoms with Crippen LogP contribution in [-0.2, 0) is 6.54 Å². The lowest BCUT2D eigenvalue weighted by Crippen LogP contribution is -2.30. The van der Waals surface area contributed by atoms with Crippen LogP contribution in [0.5, 0.6) is 11.5 Å². The highest BCUT2D eigenvalue weighted by Crippen LogP contribution is 2.25. The number of nitrogens with one attached hydrogen (secondary N) is 1. The second-order valence-electron chi connectivity index (χ2n) is 4.54. The molecule has 1 aliphatic rings. The molecule has 1 aromatic carbocycles. The summed E-state index contributed by atoms with van der Waals surface area (Å²) in [6.07, 6.45) is 6.50. The topological polar surface area (TPSA) is 52.5 Å². The van der Waals surface area contributed by atoms with Gasteiger partial charge in [-0.2, -0.15) is 0 Å². The van der Waals surface area contributed by atoms with Crippen molar-refractivity contribution in [1.82, 2.24) is 5.32 Å². The number of phenolic OH excluding ortho intramolecular Hbond substituents is 2. The molecule has 3 nitrogen and oxygen atoms in total. The maximum Gasteiger partial charge on any atom is 0.157 e. The first-order valence-corrected chi connectivity index (χ1v) is 7.00. The number of benzene rings is 1. The van der Waals surface area contributed by atoms with Gasteiger partial charge in [0.2, 0.25) is 0 Å². The maximum absolute atomic E-state index is 9.36. The van der Waals surface area contributed by atoms with Crippen molar-refractivity contribution in [1.29, 1.82) is 0 Å². The molecule has 102 valence electrons. The van der Waals surface area contributed by atoms with E-state index in [1.807, 2.05) is 19.9 Å². The van der Waals surface area contributed by atoms with Gasteiger partial charge in [0.05, 0.1) is 0 Å². The third-order valence-corrected chi connectivity index (χ3v) is 3.24. The maximum atomic E-state index is 9.36. The van der Waals surface area contributed by atoms with Crippen LogP contribution in [0.15, 0.2) is 18.2 Å². The molecule has 0 radical (unpaired) electrons. The minimum Gasteiger partial charge on any atom is -0.504 e. The SMILES string of the molecule is CC.Oc1ccc(CNC2CCCCC2)cc1O. The van der Waals surface area contributed by atoms with E-state index in [1.54, 1.807) is 6.07 Å². The highest BCUT2D eigenvalue weighted by atomic mass is 16.3. The number of rotatable bonds is 3. The Morgan fingerprint density at radius 3 is 2.33 bits per heavy atom. The van der Waals surface area contributed by atoms with Crippen LogP contribution in [0.3, 0.4) is 0 Å². The molecular formula is C15H25NO2. The van der Waals surface area contributed by atoms with Gasteiger partial charge in [0.15, 0.2) is 11.5 Å². The molecule has 0 amide bonds. The van der Waals surface area contributed by atoms with Gasteiger partial charge in [0.1, 0.15) is 0 Å². The van der Waals surface area contributed by atoms with Crippen LogP contribution in [0.2, 0.25) is 0 Å². The Labute approximate surface area is 110 Å². The molecule has 0 aromatic heterocycles. The van der Waals surface area contributed by atoms with Crippen molar-refractivity contribution < 1.29 is 10.2 Å². The predicted molar refractivity (Wildman–Crippen MR) is 74.8 cm³/mol. The minimum atomic E-state index is -0.0542. The number of hydrogen-bond donors (Lipinski definition) is 3. The van der Waals surface area contributed by atoms with Crippen LogP contribution in [0, 0.1) is 0 Å². The Morgan fingerprint density at radius 2 is 1.72 bits per heavy atom. The van der Waals surface area contributed by atoms with Crippen LogP contribution in [0.1, 0.15) is 51.5 Å². The first-order chi connectivity index (χ1) is 8.75. The van der Waals surface area contributed by atoms with E-state index in [0.717, 1.165) is 12.1 Å². The summed E-state index contributed by atoms with van der Waals surface area (Å²) >= 11 is 0. The lowest BCUT2D eigenvalue weighted by atomic mass is 9.95. The summed E-state index contributed by atoms with van der Waals surface area (Å²) in [5, 5.41) is 22.0. The molecule has 0 saturated heterocycles. The molecule has 1 fully saturated rings. The normalized spacial score (nSPS) is 15.9. The molecule has 1 aromatic rings. The van der Waals surface area contributed by atoms with E-state index in [4.69, 9.17) is 0 Å². The fraction of sp³-hybridized carbons (Fsp3) is 0.600. The minimum absolute atomic E-state index is 0.0389. The molecular weight excluding hydrogens is 226 g/mol. The Hall–Kier alpha value is -1.22. The first kappa shape index (κ1) is 14.8. The summed E-state index contributed by atoms with van der Waals surface area (Å²) in [7, 11) is 0. The fourth-order valence-corrected chi connectivity index (χ4v) is 2.25.